The van der Waals surface area contributed by atoms with E-state index in [0.29, 0.717) is 43.4 Å². The average molecular weight is 870 g/mol. The van der Waals surface area contributed by atoms with E-state index in [0.717, 1.165) is 11.3 Å². The molecule has 8 N–H and O–H groups in total. The van der Waals surface area contributed by atoms with Crippen LogP contribution in [0.1, 0.15) is 104 Å². The lowest BCUT2D eigenvalue weighted by molar-refractivity contribution is -0.143. The van der Waals surface area contributed by atoms with Gasteiger partial charge in [-0.1, -0.05) is 76.8 Å². The number of alkyl carbamates (subject to hydrolysis) is 1. The largest absolute Gasteiger partial charge is 0.478 e. The van der Waals surface area contributed by atoms with Gasteiger partial charge in [0.2, 0.25) is 29.4 Å². The molecule has 20 heteroatoms. The van der Waals surface area contributed by atoms with Crippen molar-refractivity contribution >= 4 is 53.3 Å². The first-order chi connectivity index (χ1) is 29.4. The van der Waals surface area contributed by atoms with Crippen molar-refractivity contribution < 1.29 is 61.8 Å². The van der Waals surface area contributed by atoms with Gasteiger partial charge in [-0.2, -0.15) is 0 Å². The van der Waals surface area contributed by atoms with E-state index in [9.17, 15) is 52.6 Å². The zero-order chi connectivity index (χ0) is 45.7. The molecule has 1 aliphatic carbocycles. The Morgan fingerprint density at radius 2 is 1.53 bits per heavy atom. The van der Waals surface area contributed by atoms with Gasteiger partial charge in [0, 0.05) is 6.54 Å². The van der Waals surface area contributed by atoms with E-state index in [1.54, 1.807) is 37.3 Å². The van der Waals surface area contributed by atoms with Crippen molar-refractivity contribution in [1.29, 1.82) is 0 Å². The number of Topliss-reactive ketones (excluding diaryl/α,β-unsaturated/α-hetero) is 1. The third-order valence-electron chi connectivity index (χ3n) is 10.5. The highest BCUT2D eigenvalue weighted by Gasteiger charge is 2.46. The number of ether oxygens (including phenoxy) is 1. The summed E-state index contributed by atoms with van der Waals surface area (Å²) in [6.07, 6.45) is 2.04. The van der Waals surface area contributed by atoms with E-state index in [1.165, 1.54) is 0 Å². The number of hydrogen-bond acceptors (Lipinski definition) is 10. The number of primary amides is 1. The van der Waals surface area contributed by atoms with Crippen molar-refractivity contribution in [3.05, 3.63) is 70.8 Å². The highest BCUT2D eigenvalue weighted by Crippen LogP contribution is 2.30. The molecule has 0 radical (unpaired) electrons. The van der Waals surface area contributed by atoms with Crippen LogP contribution in [0, 0.1) is 23.5 Å². The predicted octanol–water partition coefficient (Wildman–Crippen LogP) is 2.01. The summed E-state index contributed by atoms with van der Waals surface area (Å²) in [6.45, 7) is 4.31. The lowest BCUT2D eigenvalue weighted by atomic mass is 9.83. The van der Waals surface area contributed by atoms with Crippen molar-refractivity contribution in [2.24, 2.45) is 17.6 Å². The molecule has 62 heavy (non-hydrogen) atoms. The van der Waals surface area contributed by atoms with Crippen LogP contribution in [0.5, 0.6) is 0 Å². The first-order valence-electron chi connectivity index (χ1n) is 20.4. The van der Waals surface area contributed by atoms with Crippen molar-refractivity contribution in [2.75, 3.05) is 19.7 Å². The monoisotopic (exact) mass is 869 g/mol. The lowest BCUT2D eigenvalue weighted by Gasteiger charge is -2.35. The van der Waals surface area contributed by atoms with Gasteiger partial charge in [0.15, 0.2) is 0 Å². The fourth-order valence-corrected chi connectivity index (χ4v) is 7.51. The molecule has 1 aliphatic heterocycles. The Kier molecular flexibility index (Phi) is 17.4. The van der Waals surface area contributed by atoms with Gasteiger partial charge in [-0.15, -0.1) is 0 Å². The summed E-state index contributed by atoms with van der Waals surface area (Å²) in [4.78, 5) is 119. The molecule has 1 saturated carbocycles. The number of carbonyl (C=O) groups is 9. The third kappa shape index (κ3) is 12.8. The number of aromatic carboxylic acids is 1. The average Bonchev–Trinajstić information content (AvgIpc) is 3.67. The van der Waals surface area contributed by atoms with Gasteiger partial charge in [-0.3, -0.25) is 33.6 Å². The predicted molar refractivity (Wildman–Crippen MR) is 216 cm³/mol. The van der Waals surface area contributed by atoms with Crippen molar-refractivity contribution in [3.63, 3.8) is 0 Å². The van der Waals surface area contributed by atoms with E-state index in [2.05, 4.69) is 26.6 Å². The van der Waals surface area contributed by atoms with Crippen LogP contribution in [0.4, 0.5) is 13.6 Å². The van der Waals surface area contributed by atoms with Gasteiger partial charge < -0.3 is 47.1 Å². The number of halogens is 2. The summed E-state index contributed by atoms with van der Waals surface area (Å²) >= 11 is 0. The maximum absolute atomic E-state index is 15.0. The molecule has 336 valence electrons. The van der Waals surface area contributed by atoms with Crippen LogP contribution in [-0.4, -0.2) is 107 Å². The van der Waals surface area contributed by atoms with E-state index < -0.39 is 119 Å². The fourth-order valence-electron chi connectivity index (χ4n) is 7.51. The number of ketones is 1. The Morgan fingerprint density at radius 3 is 2.13 bits per heavy atom. The number of carboxylic acids is 1. The first kappa shape index (κ1) is 48.2. The van der Waals surface area contributed by atoms with Gasteiger partial charge in [0.25, 0.3) is 11.8 Å². The van der Waals surface area contributed by atoms with Crippen molar-refractivity contribution in [2.45, 2.75) is 102 Å². The molecule has 3 unspecified atom stereocenters. The molecule has 4 rings (SSSR count). The zero-order valence-corrected chi connectivity index (χ0v) is 34.7. The molecule has 0 aromatic heterocycles. The normalized spacial score (nSPS) is 17.8. The highest BCUT2D eigenvalue weighted by atomic mass is 19.1. The minimum atomic E-state index is -1.92. The summed E-state index contributed by atoms with van der Waals surface area (Å²) in [7, 11) is 0. The smallest absolute Gasteiger partial charge is 0.407 e. The number of nitrogens with two attached hydrogens (primary N) is 1. The molecule has 1 saturated heterocycles. The van der Waals surface area contributed by atoms with Gasteiger partial charge in [-0.25, -0.2) is 18.4 Å². The number of nitrogens with one attached hydrogen (secondary N) is 5. The molecule has 1 heterocycles. The van der Waals surface area contributed by atoms with Crippen LogP contribution in [-0.2, 0) is 33.5 Å². The van der Waals surface area contributed by atoms with Crippen LogP contribution in [0.15, 0.2) is 42.5 Å². The lowest BCUT2D eigenvalue weighted by Crippen LogP contribution is -2.58. The molecular weight excluding hydrogens is 816 g/mol. The standard InChI is InChI=1S/C42H53F2N7O11/c1-4-11-28(35(53)39(57)46-19-30(52)49-33(36(45)54)23-12-7-5-8-13-23)48-37(55)29-18-25(47-42(61)62-21-22(2)3)20-51(29)40(58)34(24-14-9-6-10-15-24)50-38(56)31-26(43)16-17-27(44)32(31)41(59)60/h5,7-8,12-13,16-17,22,24-25,28-29,33-34H,4,6,9-11,14-15,18-21H2,1-3H3,(H2,45,54)(H,46,57)(H,47,61)(H,48,55)(H,49,52)(H,50,56)(H,59,60)/t25?,28?,29-,33-,34?/m0/s1. The maximum atomic E-state index is 15.0. The van der Waals surface area contributed by atoms with Crippen molar-refractivity contribution in [3.8, 4) is 0 Å². The highest BCUT2D eigenvalue weighted by molar-refractivity contribution is 6.38. The SMILES string of the molecule is CCCC(NC(=O)[C@@H]1CC(NC(=O)OCC(C)C)CN1C(=O)C(NC(=O)c1c(F)ccc(F)c1C(=O)O)C1CCCCC1)C(=O)C(=O)NCC(=O)N[C@H](C(N)=O)c1ccccc1. The topological polar surface area (TPSA) is 272 Å². The van der Waals surface area contributed by atoms with E-state index in [-0.39, 0.29) is 38.3 Å². The summed E-state index contributed by atoms with van der Waals surface area (Å²) in [5, 5.41) is 21.8. The Balaban J connectivity index is 1.57. The Morgan fingerprint density at radius 1 is 0.887 bits per heavy atom. The number of nitrogens with zero attached hydrogens (tertiary/aromatic N) is 1. The summed E-state index contributed by atoms with van der Waals surface area (Å²) in [5.41, 5.74) is 3.46. The number of benzene rings is 2. The number of hydrogen-bond donors (Lipinski definition) is 7. The number of rotatable bonds is 19. The second-order valence-corrected chi connectivity index (χ2v) is 15.7. The molecule has 2 fully saturated rings. The second kappa shape index (κ2) is 22.4. The second-order valence-electron chi connectivity index (χ2n) is 15.7. The molecular formula is C42H53F2N7O11. The third-order valence-corrected chi connectivity index (χ3v) is 10.5. The summed E-state index contributed by atoms with van der Waals surface area (Å²) in [6, 6.07) is 2.70. The fraction of sp³-hybridized carbons (Fsp3) is 0.500. The quantitative estimate of drug-likeness (QED) is 0.100. The maximum Gasteiger partial charge on any atom is 0.407 e. The van der Waals surface area contributed by atoms with E-state index in [4.69, 9.17) is 10.5 Å². The first-order valence-corrected chi connectivity index (χ1v) is 20.4. The molecule has 2 aromatic rings. The molecule has 2 aliphatic rings. The van der Waals surface area contributed by atoms with Gasteiger partial charge in [0.05, 0.1) is 30.8 Å². The van der Waals surface area contributed by atoms with E-state index >= 15 is 4.39 Å². The Labute approximate surface area is 356 Å². The molecule has 0 bridgehead atoms. The Bertz CT molecular complexity index is 2010. The molecule has 0 spiro atoms. The number of carboxylic acid groups (broad SMARTS) is 1. The minimum Gasteiger partial charge on any atom is -0.478 e. The van der Waals surface area contributed by atoms with Gasteiger partial charge in [-0.05, 0) is 55.2 Å². The zero-order valence-electron chi connectivity index (χ0n) is 34.7. The van der Waals surface area contributed by atoms with Crippen molar-refractivity contribution in [1.82, 2.24) is 31.5 Å². The molecule has 18 nitrogen and oxygen atoms in total. The Hall–Kier alpha value is -6.47. The molecule has 7 amide bonds. The van der Waals surface area contributed by atoms with Crippen LogP contribution in [0.2, 0.25) is 0 Å². The number of amides is 7. The molecule has 5 atom stereocenters. The summed E-state index contributed by atoms with van der Waals surface area (Å²) < 4.78 is 34.9. The van der Waals surface area contributed by atoms with Crippen LogP contribution in [0.25, 0.3) is 0 Å². The van der Waals surface area contributed by atoms with E-state index in [1.807, 2.05) is 13.8 Å². The van der Waals surface area contributed by atoms with Crippen LogP contribution in [0.3, 0.4) is 0 Å². The van der Waals surface area contributed by atoms with Gasteiger partial charge in [0.1, 0.15) is 35.3 Å². The van der Waals surface area contributed by atoms with Crippen LogP contribution >= 0.6 is 0 Å². The summed E-state index contributed by atoms with van der Waals surface area (Å²) in [5.74, 6) is -12.5. The number of likely N-dealkylation sites (tertiary alicyclic amines) is 1. The number of carbonyl (C=O) groups excluding carboxylic acids is 8. The van der Waals surface area contributed by atoms with Gasteiger partial charge >= 0.3 is 12.1 Å². The molecule has 2 aromatic carbocycles. The minimum absolute atomic E-state index is 0.0219. The van der Waals surface area contributed by atoms with Crippen LogP contribution < -0.4 is 32.3 Å².